The smallest absolute Gasteiger partial charge is 0.272 e. The zero-order valence-electron chi connectivity index (χ0n) is 15.9. The van der Waals surface area contributed by atoms with E-state index < -0.39 is 11.7 Å². The van der Waals surface area contributed by atoms with Gasteiger partial charge in [0, 0.05) is 32.5 Å². The number of benzene rings is 1. The standard InChI is InChI=1S/C21H22FN3O4/c22-16-6-4-15(5-7-16)14-23-19(26)17-2-1-3-18(24-17)20(27)25-10-8-21(9-11-25)28-12-13-29-21/h1-7H,8-14H2,(H,23,26). The van der Waals surface area contributed by atoms with Gasteiger partial charge in [0.05, 0.1) is 13.2 Å². The minimum Gasteiger partial charge on any atom is -0.347 e. The fourth-order valence-electron chi connectivity index (χ4n) is 3.55. The van der Waals surface area contributed by atoms with Crippen LogP contribution >= 0.6 is 0 Å². The Kier molecular flexibility index (Phi) is 5.55. The first-order valence-corrected chi connectivity index (χ1v) is 9.62. The Labute approximate surface area is 167 Å². The van der Waals surface area contributed by atoms with Gasteiger partial charge in [0.15, 0.2) is 5.79 Å². The Morgan fingerprint density at radius 3 is 2.38 bits per heavy atom. The lowest BCUT2D eigenvalue weighted by Gasteiger charge is -2.37. The van der Waals surface area contributed by atoms with Crippen LogP contribution in [0.4, 0.5) is 4.39 Å². The molecule has 0 atom stereocenters. The van der Waals surface area contributed by atoms with Crippen molar-refractivity contribution in [2.75, 3.05) is 26.3 Å². The summed E-state index contributed by atoms with van der Waals surface area (Å²) in [5, 5.41) is 2.73. The van der Waals surface area contributed by atoms with Crippen molar-refractivity contribution in [1.82, 2.24) is 15.2 Å². The Morgan fingerprint density at radius 2 is 1.69 bits per heavy atom. The summed E-state index contributed by atoms with van der Waals surface area (Å²) in [5.41, 5.74) is 1.16. The number of carbonyl (C=O) groups is 2. The van der Waals surface area contributed by atoms with Gasteiger partial charge in [-0.2, -0.15) is 0 Å². The second-order valence-electron chi connectivity index (χ2n) is 7.12. The topological polar surface area (TPSA) is 80.8 Å². The summed E-state index contributed by atoms with van der Waals surface area (Å²) >= 11 is 0. The van der Waals surface area contributed by atoms with Crippen molar-refractivity contribution in [2.24, 2.45) is 0 Å². The number of hydrogen-bond acceptors (Lipinski definition) is 5. The van der Waals surface area contributed by atoms with E-state index in [0.717, 1.165) is 5.56 Å². The molecule has 2 amide bonds. The van der Waals surface area contributed by atoms with Crippen molar-refractivity contribution < 1.29 is 23.5 Å². The van der Waals surface area contributed by atoms with E-state index >= 15 is 0 Å². The Bertz CT molecular complexity index is 887. The zero-order chi connectivity index (χ0) is 20.3. The van der Waals surface area contributed by atoms with Crippen LogP contribution in [0.2, 0.25) is 0 Å². The van der Waals surface area contributed by atoms with Crippen LogP contribution < -0.4 is 5.32 Å². The maximum atomic E-state index is 13.0. The number of carbonyl (C=O) groups excluding carboxylic acids is 2. The number of nitrogens with one attached hydrogen (secondary N) is 1. The number of rotatable bonds is 4. The van der Waals surface area contributed by atoms with Gasteiger partial charge in [0.2, 0.25) is 0 Å². The van der Waals surface area contributed by atoms with Crippen molar-refractivity contribution in [3.8, 4) is 0 Å². The maximum Gasteiger partial charge on any atom is 0.272 e. The lowest BCUT2D eigenvalue weighted by molar-refractivity contribution is -0.181. The maximum absolute atomic E-state index is 13.0. The molecule has 1 spiro atoms. The summed E-state index contributed by atoms with van der Waals surface area (Å²) in [5.74, 6) is -1.49. The fourth-order valence-corrected chi connectivity index (χ4v) is 3.55. The monoisotopic (exact) mass is 399 g/mol. The molecule has 0 bridgehead atoms. The van der Waals surface area contributed by atoms with Gasteiger partial charge in [-0.25, -0.2) is 9.37 Å². The second-order valence-corrected chi connectivity index (χ2v) is 7.12. The number of amides is 2. The number of hydrogen-bond donors (Lipinski definition) is 1. The molecule has 2 aliphatic rings. The van der Waals surface area contributed by atoms with Crippen LogP contribution in [-0.2, 0) is 16.0 Å². The Balaban J connectivity index is 1.37. The highest BCUT2D eigenvalue weighted by Crippen LogP contribution is 2.31. The van der Waals surface area contributed by atoms with E-state index in [2.05, 4.69) is 10.3 Å². The molecular weight excluding hydrogens is 377 g/mol. The lowest BCUT2D eigenvalue weighted by Crippen LogP contribution is -2.47. The zero-order valence-corrected chi connectivity index (χ0v) is 15.9. The molecular formula is C21H22FN3O4. The van der Waals surface area contributed by atoms with Crippen molar-refractivity contribution >= 4 is 11.8 Å². The summed E-state index contributed by atoms with van der Waals surface area (Å²) in [6, 6.07) is 10.7. The highest BCUT2D eigenvalue weighted by molar-refractivity contribution is 5.96. The van der Waals surface area contributed by atoms with E-state index in [9.17, 15) is 14.0 Å². The molecule has 152 valence electrons. The van der Waals surface area contributed by atoms with Crippen molar-refractivity contribution in [2.45, 2.75) is 25.2 Å². The van der Waals surface area contributed by atoms with Gasteiger partial charge in [0.25, 0.3) is 11.8 Å². The predicted octanol–water partition coefficient (Wildman–Crippen LogP) is 2.13. The van der Waals surface area contributed by atoms with Gasteiger partial charge < -0.3 is 19.7 Å². The molecule has 0 saturated carbocycles. The van der Waals surface area contributed by atoms with E-state index in [4.69, 9.17) is 9.47 Å². The van der Waals surface area contributed by atoms with Gasteiger partial charge in [-0.15, -0.1) is 0 Å². The molecule has 2 aliphatic heterocycles. The first kappa shape index (κ1) is 19.5. The Hall–Kier alpha value is -2.84. The molecule has 0 unspecified atom stereocenters. The molecule has 0 radical (unpaired) electrons. The van der Waals surface area contributed by atoms with Crippen molar-refractivity contribution in [3.05, 3.63) is 65.2 Å². The molecule has 0 aliphatic carbocycles. The van der Waals surface area contributed by atoms with Crippen LogP contribution in [0.25, 0.3) is 0 Å². The van der Waals surface area contributed by atoms with Gasteiger partial charge >= 0.3 is 0 Å². The number of nitrogens with zero attached hydrogens (tertiary/aromatic N) is 2. The summed E-state index contributed by atoms with van der Waals surface area (Å²) in [4.78, 5) is 31.1. The summed E-state index contributed by atoms with van der Waals surface area (Å²) in [6.45, 7) is 2.45. The van der Waals surface area contributed by atoms with E-state index in [1.807, 2.05) is 0 Å². The molecule has 2 saturated heterocycles. The molecule has 1 aromatic heterocycles. The Morgan fingerprint density at radius 1 is 1.03 bits per heavy atom. The molecule has 29 heavy (non-hydrogen) atoms. The highest BCUT2D eigenvalue weighted by Gasteiger charge is 2.41. The number of ether oxygens (including phenoxy) is 2. The van der Waals surface area contributed by atoms with Crippen LogP contribution in [-0.4, -0.2) is 53.8 Å². The summed E-state index contributed by atoms with van der Waals surface area (Å²) in [6.07, 6.45) is 1.24. The molecule has 8 heteroatoms. The molecule has 3 heterocycles. The average Bonchev–Trinajstić information content (AvgIpc) is 3.21. The van der Waals surface area contributed by atoms with Crippen molar-refractivity contribution in [3.63, 3.8) is 0 Å². The largest absolute Gasteiger partial charge is 0.347 e. The average molecular weight is 399 g/mol. The normalized spacial score (nSPS) is 18.0. The molecule has 1 aromatic carbocycles. The third-order valence-electron chi connectivity index (χ3n) is 5.19. The molecule has 2 fully saturated rings. The van der Waals surface area contributed by atoms with Crippen LogP contribution in [0.5, 0.6) is 0 Å². The fraction of sp³-hybridized carbons (Fsp3) is 0.381. The summed E-state index contributed by atoms with van der Waals surface area (Å²) in [7, 11) is 0. The van der Waals surface area contributed by atoms with Crippen LogP contribution in [0.3, 0.4) is 0 Å². The van der Waals surface area contributed by atoms with E-state index in [1.165, 1.54) is 12.1 Å². The number of aromatic nitrogens is 1. The first-order valence-electron chi connectivity index (χ1n) is 9.62. The van der Waals surface area contributed by atoms with Gasteiger partial charge in [-0.05, 0) is 29.8 Å². The molecule has 1 N–H and O–H groups in total. The minimum absolute atomic E-state index is 0.161. The van der Waals surface area contributed by atoms with Crippen molar-refractivity contribution in [1.29, 1.82) is 0 Å². The summed E-state index contributed by atoms with van der Waals surface area (Å²) < 4.78 is 24.3. The molecule has 2 aromatic rings. The molecule has 4 rings (SSSR count). The van der Waals surface area contributed by atoms with Crippen LogP contribution in [0.1, 0.15) is 39.4 Å². The molecule has 7 nitrogen and oxygen atoms in total. The van der Waals surface area contributed by atoms with E-state index in [-0.39, 0.29) is 29.7 Å². The number of halogens is 1. The second kappa shape index (κ2) is 8.26. The van der Waals surface area contributed by atoms with Gasteiger partial charge in [0.1, 0.15) is 17.2 Å². The van der Waals surface area contributed by atoms with E-state index in [0.29, 0.717) is 39.1 Å². The lowest BCUT2D eigenvalue weighted by atomic mass is 10.0. The van der Waals surface area contributed by atoms with Crippen LogP contribution in [0.15, 0.2) is 42.5 Å². The SMILES string of the molecule is O=C(NCc1ccc(F)cc1)c1cccc(C(=O)N2CCC3(CC2)OCCO3)n1. The number of piperidine rings is 1. The number of pyridine rings is 1. The van der Waals surface area contributed by atoms with Gasteiger partial charge in [-0.1, -0.05) is 18.2 Å². The third kappa shape index (κ3) is 4.44. The number of likely N-dealkylation sites (tertiary alicyclic amines) is 1. The van der Waals surface area contributed by atoms with Crippen LogP contribution in [0, 0.1) is 5.82 Å². The third-order valence-corrected chi connectivity index (χ3v) is 5.19. The van der Waals surface area contributed by atoms with Gasteiger partial charge in [-0.3, -0.25) is 9.59 Å². The van der Waals surface area contributed by atoms with E-state index in [1.54, 1.807) is 35.2 Å². The highest BCUT2D eigenvalue weighted by atomic mass is 19.1. The predicted molar refractivity (Wildman–Crippen MR) is 102 cm³/mol. The quantitative estimate of drug-likeness (QED) is 0.852. The minimum atomic E-state index is -0.549. The first-order chi connectivity index (χ1) is 14.0.